The number of amidine groups is 1. The molecule has 0 aliphatic carbocycles. The van der Waals surface area contributed by atoms with Gasteiger partial charge in [-0.05, 0) is 51.3 Å². The number of hydrogen-bond acceptors (Lipinski definition) is 5. The van der Waals surface area contributed by atoms with Gasteiger partial charge in [0.05, 0.1) is 0 Å². The van der Waals surface area contributed by atoms with Crippen LogP contribution in [0.3, 0.4) is 0 Å². The average molecular weight is 417 g/mol. The molecule has 1 fully saturated rings. The summed E-state index contributed by atoms with van der Waals surface area (Å²) >= 11 is 1.39. The summed E-state index contributed by atoms with van der Waals surface area (Å²) < 4.78 is 0. The number of aliphatic imine (C=N–C) groups is 1. The van der Waals surface area contributed by atoms with Gasteiger partial charge in [0.25, 0.3) is 11.8 Å². The predicted molar refractivity (Wildman–Crippen MR) is 116 cm³/mol. The molecule has 0 spiro atoms. The number of carbonyl (C=O) groups is 3. The Labute approximate surface area is 175 Å². The normalized spacial score (nSPS) is 19.1. The van der Waals surface area contributed by atoms with Crippen molar-refractivity contribution in [1.82, 2.24) is 9.80 Å². The summed E-state index contributed by atoms with van der Waals surface area (Å²) in [5, 5.41) is 3.08. The summed E-state index contributed by atoms with van der Waals surface area (Å²) in [6.07, 6.45) is 3.51. The molecule has 0 saturated carbocycles. The lowest BCUT2D eigenvalue weighted by atomic mass is 10.1. The van der Waals surface area contributed by atoms with Crippen LogP contribution in [0.25, 0.3) is 0 Å². The number of amides is 3. The maximum Gasteiger partial charge on any atom is 0.262 e. The van der Waals surface area contributed by atoms with Crippen molar-refractivity contribution < 1.29 is 14.4 Å². The van der Waals surface area contributed by atoms with Crippen molar-refractivity contribution in [3.05, 3.63) is 29.8 Å². The van der Waals surface area contributed by atoms with Crippen molar-refractivity contribution >= 4 is 40.3 Å². The quantitative estimate of drug-likeness (QED) is 0.771. The maximum atomic E-state index is 12.5. The van der Waals surface area contributed by atoms with E-state index in [9.17, 15) is 14.4 Å². The Morgan fingerprint density at radius 3 is 2.62 bits per heavy atom. The van der Waals surface area contributed by atoms with E-state index in [4.69, 9.17) is 0 Å². The van der Waals surface area contributed by atoms with E-state index in [1.165, 1.54) is 18.2 Å². The largest absolute Gasteiger partial charge is 0.351 e. The maximum absolute atomic E-state index is 12.5. The second kappa shape index (κ2) is 9.91. The summed E-state index contributed by atoms with van der Waals surface area (Å²) in [7, 11) is 0. The number of thioether (sulfide) groups is 1. The lowest BCUT2D eigenvalue weighted by Gasteiger charge is -2.27. The van der Waals surface area contributed by atoms with E-state index < -0.39 is 5.25 Å². The number of hydrogen-bond donors (Lipinski definition) is 1. The molecule has 1 aromatic carbocycles. The molecule has 1 saturated heterocycles. The standard InChI is InChI=1S/C21H28N4O3S/c1-3-24(4-2)20(28)15-9-8-10-16(13-15)22-18(26)14-17-19(27)23-21(29-17)25-11-6-5-7-12-25/h8-10,13,17H,3-7,11-12,14H2,1-2H3,(H,22,26). The molecule has 0 bridgehead atoms. The van der Waals surface area contributed by atoms with E-state index in [1.807, 2.05) is 13.8 Å². The molecule has 2 heterocycles. The van der Waals surface area contributed by atoms with Crippen molar-refractivity contribution in [2.45, 2.75) is 44.8 Å². The van der Waals surface area contributed by atoms with Crippen molar-refractivity contribution in [3.63, 3.8) is 0 Å². The highest BCUT2D eigenvalue weighted by Gasteiger charge is 2.33. The van der Waals surface area contributed by atoms with Gasteiger partial charge in [0.1, 0.15) is 5.25 Å². The smallest absolute Gasteiger partial charge is 0.262 e. The molecule has 29 heavy (non-hydrogen) atoms. The Balaban J connectivity index is 1.57. The zero-order valence-corrected chi connectivity index (χ0v) is 17.8. The Morgan fingerprint density at radius 2 is 1.93 bits per heavy atom. The van der Waals surface area contributed by atoms with Gasteiger partial charge in [-0.15, -0.1) is 0 Å². The van der Waals surface area contributed by atoms with Crippen molar-refractivity contribution in [2.75, 3.05) is 31.5 Å². The van der Waals surface area contributed by atoms with Crippen LogP contribution < -0.4 is 5.32 Å². The Morgan fingerprint density at radius 1 is 1.21 bits per heavy atom. The summed E-state index contributed by atoms with van der Waals surface area (Å²) in [6.45, 7) is 6.97. The average Bonchev–Trinajstić information content (AvgIpc) is 3.10. The lowest BCUT2D eigenvalue weighted by Crippen LogP contribution is -2.33. The van der Waals surface area contributed by atoms with Gasteiger partial charge in [-0.2, -0.15) is 4.99 Å². The highest BCUT2D eigenvalue weighted by molar-refractivity contribution is 8.15. The fourth-order valence-corrected chi connectivity index (χ4v) is 4.65. The lowest BCUT2D eigenvalue weighted by molar-refractivity contribution is -0.121. The zero-order valence-electron chi connectivity index (χ0n) is 17.0. The third-order valence-electron chi connectivity index (χ3n) is 5.17. The molecule has 2 aliphatic rings. The minimum Gasteiger partial charge on any atom is -0.351 e. The Bertz CT molecular complexity index is 801. The summed E-state index contributed by atoms with van der Waals surface area (Å²) in [5.74, 6) is -0.554. The number of carbonyl (C=O) groups excluding carboxylic acids is 3. The zero-order chi connectivity index (χ0) is 20.8. The van der Waals surface area contributed by atoms with Crippen LogP contribution in [-0.4, -0.2) is 64.1 Å². The molecule has 1 N–H and O–H groups in total. The van der Waals surface area contributed by atoms with Crippen molar-refractivity contribution in [1.29, 1.82) is 0 Å². The van der Waals surface area contributed by atoms with Crippen LogP contribution in [0.15, 0.2) is 29.3 Å². The minimum atomic E-state index is -0.479. The fourth-order valence-electron chi connectivity index (χ4n) is 3.53. The van der Waals surface area contributed by atoms with Crippen LogP contribution in [0.1, 0.15) is 49.9 Å². The van der Waals surface area contributed by atoms with Gasteiger partial charge in [0, 0.05) is 43.9 Å². The van der Waals surface area contributed by atoms with Gasteiger partial charge in [-0.25, -0.2) is 0 Å². The molecule has 2 aliphatic heterocycles. The molecule has 3 amide bonds. The van der Waals surface area contributed by atoms with Gasteiger partial charge in [-0.3, -0.25) is 14.4 Å². The summed E-state index contributed by atoms with van der Waals surface area (Å²) in [4.78, 5) is 45.3. The first-order chi connectivity index (χ1) is 14.0. The SMILES string of the molecule is CCN(CC)C(=O)c1cccc(NC(=O)CC2SC(N3CCCCC3)=NC2=O)c1. The van der Waals surface area contributed by atoms with E-state index in [0.717, 1.165) is 31.1 Å². The third-order valence-corrected chi connectivity index (χ3v) is 6.38. The molecule has 0 radical (unpaired) electrons. The summed E-state index contributed by atoms with van der Waals surface area (Å²) in [5.41, 5.74) is 1.09. The molecule has 3 rings (SSSR count). The van der Waals surface area contributed by atoms with E-state index in [2.05, 4.69) is 15.2 Å². The number of piperidine rings is 1. The van der Waals surface area contributed by atoms with E-state index in [0.29, 0.717) is 24.3 Å². The monoisotopic (exact) mass is 416 g/mol. The van der Waals surface area contributed by atoms with Gasteiger partial charge in [0.2, 0.25) is 5.91 Å². The highest BCUT2D eigenvalue weighted by Crippen LogP contribution is 2.29. The molecule has 156 valence electrons. The van der Waals surface area contributed by atoms with Crippen LogP contribution in [0.5, 0.6) is 0 Å². The minimum absolute atomic E-state index is 0.0628. The predicted octanol–water partition coefficient (Wildman–Crippen LogP) is 2.98. The number of nitrogens with one attached hydrogen (secondary N) is 1. The Kier molecular flexibility index (Phi) is 7.30. The van der Waals surface area contributed by atoms with Crippen LogP contribution in [0.4, 0.5) is 5.69 Å². The topological polar surface area (TPSA) is 82.1 Å². The summed E-state index contributed by atoms with van der Waals surface area (Å²) in [6, 6.07) is 6.92. The Hall–Kier alpha value is -2.35. The molecular formula is C21H28N4O3S. The van der Waals surface area contributed by atoms with Crippen LogP contribution in [-0.2, 0) is 9.59 Å². The number of anilines is 1. The fraction of sp³-hybridized carbons (Fsp3) is 0.524. The number of benzene rings is 1. The first-order valence-electron chi connectivity index (χ1n) is 10.2. The van der Waals surface area contributed by atoms with Gasteiger partial charge in [0.15, 0.2) is 5.17 Å². The highest BCUT2D eigenvalue weighted by atomic mass is 32.2. The van der Waals surface area contributed by atoms with Crippen molar-refractivity contribution in [2.24, 2.45) is 4.99 Å². The second-order valence-corrected chi connectivity index (χ2v) is 8.37. The second-order valence-electron chi connectivity index (χ2n) is 7.20. The molecule has 0 aromatic heterocycles. The van der Waals surface area contributed by atoms with E-state index in [-0.39, 0.29) is 24.1 Å². The number of nitrogens with zero attached hydrogens (tertiary/aromatic N) is 3. The molecular weight excluding hydrogens is 388 g/mol. The van der Waals surface area contributed by atoms with E-state index >= 15 is 0 Å². The van der Waals surface area contributed by atoms with Crippen LogP contribution in [0, 0.1) is 0 Å². The molecule has 1 unspecified atom stereocenters. The van der Waals surface area contributed by atoms with Crippen LogP contribution in [0.2, 0.25) is 0 Å². The number of rotatable bonds is 6. The molecule has 1 aromatic rings. The first kappa shape index (κ1) is 21.4. The number of likely N-dealkylation sites (tertiary alicyclic amines) is 1. The van der Waals surface area contributed by atoms with Crippen LogP contribution >= 0.6 is 11.8 Å². The molecule has 1 atom stereocenters. The van der Waals surface area contributed by atoms with E-state index in [1.54, 1.807) is 29.2 Å². The molecule has 7 nitrogen and oxygen atoms in total. The first-order valence-corrected chi connectivity index (χ1v) is 11.1. The molecule has 8 heteroatoms. The van der Waals surface area contributed by atoms with Gasteiger partial charge >= 0.3 is 0 Å². The van der Waals surface area contributed by atoms with Gasteiger partial charge < -0.3 is 15.1 Å². The van der Waals surface area contributed by atoms with Gasteiger partial charge in [-0.1, -0.05) is 17.8 Å². The van der Waals surface area contributed by atoms with Crippen molar-refractivity contribution in [3.8, 4) is 0 Å². The third kappa shape index (κ3) is 5.38.